The number of nitrogens with zero attached hydrogens (tertiary/aromatic N) is 9. The molecule has 9 rings (SSSR count). The molecule has 7 aromatic heterocycles. The SMILES string of the molecule is c1ccc(-c2ccc(-c3nc(-c4ccc(-c5ccccn5)nc4)nc(-c4cccc(-c5cc6cc7ccccc7cn6n5)c4)n3)cn2)nc1. The van der Waals surface area contributed by atoms with Crippen LogP contribution in [0.15, 0.2) is 152 Å². The summed E-state index contributed by atoms with van der Waals surface area (Å²) in [5.41, 5.74) is 8.29. The normalized spacial score (nSPS) is 11.3. The molecule has 49 heavy (non-hydrogen) atoms. The van der Waals surface area contributed by atoms with Crippen LogP contribution in [0.2, 0.25) is 0 Å². The van der Waals surface area contributed by atoms with Gasteiger partial charge in [-0.15, -0.1) is 0 Å². The summed E-state index contributed by atoms with van der Waals surface area (Å²) in [6.07, 6.45) is 9.11. The zero-order valence-electron chi connectivity index (χ0n) is 26.0. The van der Waals surface area contributed by atoms with Gasteiger partial charge in [-0.2, -0.15) is 5.10 Å². The van der Waals surface area contributed by atoms with Crippen LogP contribution in [-0.4, -0.2) is 44.5 Å². The molecule has 0 radical (unpaired) electrons. The molecule has 0 saturated heterocycles. The lowest BCUT2D eigenvalue weighted by Crippen LogP contribution is -2.01. The molecule has 0 spiro atoms. The molecule has 0 N–H and O–H groups in total. The van der Waals surface area contributed by atoms with E-state index in [-0.39, 0.29) is 0 Å². The van der Waals surface area contributed by atoms with Gasteiger partial charge in [0, 0.05) is 58.6 Å². The molecule has 0 aliphatic rings. The van der Waals surface area contributed by atoms with Crippen LogP contribution in [0, 0.1) is 0 Å². The quantitative estimate of drug-likeness (QED) is 0.181. The van der Waals surface area contributed by atoms with Crippen molar-refractivity contribution < 1.29 is 0 Å². The molecule has 0 fully saturated rings. The van der Waals surface area contributed by atoms with Gasteiger partial charge in [-0.05, 0) is 72.1 Å². The standard InChI is InChI=1S/C40H25N9/c1-2-9-31-25-49-32(21-26(31)8-1)22-37(48-49)27-10-7-11-28(20-27)38-45-39(29-14-16-35(43-23-29)33-12-3-5-18-41-33)47-40(46-38)30-15-17-36(44-24-30)34-13-4-6-19-42-34/h1-25H. The molecular formula is C40H25N9. The highest BCUT2D eigenvalue weighted by atomic mass is 15.2. The first kappa shape index (κ1) is 28.2. The molecule has 9 aromatic rings. The number of aromatic nitrogens is 9. The summed E-state index contributed by atoms with van der Waals surface area (Å²) in [7, 11) is 0. The van der Waals surface area contributed by atoms with Gasteiger partial charge in [-0.25, -0.2) is 19.5 Å². The fourth-order valence-electron chi connectivity index (χ4n) is 5.78. The molecule has 0 saturated carbocycles. The van der Waals surface area contributed by atoms with Crippen LogP contribution in [0.1, 0.15) is 0 Å². The van der Waals surface area contributed by atoms with Crippen molar-refractivity contribution in [3.63, 3.8) is 0 Å². The third-order valence-corrected chi connectivity index (χ3v) is 8.28. The Morgan fingerprint density at radius 3 is 1.55 bits per heavy atom. The second kappa shape index (κ2) is 12.0. The molecule has 0 unspecified atom stereocenters. The topological polar surface area (TPSA) is 108 Å². The van der Waals surface area contributed by atoms with Crippen LogP contribution in [0.4, 0.5) is 0 Å². The lowest BCUT2D eigenvalue weighted by atomic mass is 10.1. The Hall–Kier alpha value is -7.00. The second-order valence-electron chi connectivity index (χ2n) is 11.5. The van der Waals surface area contributed by atoms with Crippen LogP contribution in [0.3, 0.4) is 0 Å². The number of hydrogen-bond acceptors (Lipinski definition) is 8. The minimum atomic E-state index is 0.499. The average Bonchev–Trinajstić information content (AvgIpc) is 3.61. The maximum absolute atomic E-state index is 4.95. The van der Waals surface area contributed by atoms with Crippen molar-refractivity contribution in [2.75, 3.05) is 0 Å². The third kappa shape index (κ3) is 5.55. The van der Waals surface area contributed by atoms with Gasteiger partial charge in [-0.3, -0.25) is 19.9 Å². The highest BCUT2D eigenvalue weighted by Gasteiger charge is 2.15. The first-order valence-corrected chi connectivity index (χ1v) is 15.7. The van der Waals surface area contributed by atoms with Crippen molar-refractivity contribution in [1.29, 1.82) is 0 Å². The van der Waals surface area contributed by atoms with E-state index in [2.05, 4.69) is 62.5 Å². The van der Waals surface area contributed by atoms with Gasteiger partial charge >= 0.3 is 0 Å². The second-order valence-corrected chi connectivity index (χ2v) is 11.5. The Bertz CT molecular complexity index is 2430. The molecule has 9 heteroatoms. The lowest BCUT2D eigenvalue weighted by Gasteiger charge is -2.09. The highest BCUT2D eigenvalue weighted by molar-refractivity contribution is 5.86. The van der Waals surface area contributed by atoms with Crippen molar-refractivity contribution in [2.24, 2.45) is 0 Å². The van der Waals surface area contributed by atoms with Crippen LogP contribution in [0.25, 0.3) is 84.5 Å². The predicted octanol–water partition coefficient (Wildman–Crippen LogP) is 8.25. The summed E-state index contributed by atoms with van der Waals surface area (Å²) in [6, 6.07) is 39.9. The number of hydrogen-bond donors (Lipinski definition) is 0. The van der Waals surface area contributed by atoms with Crippen molar-refractivity contribution in [3.8, 4) is 68.2 Å². The first-order valence-electron chi connectivity index (χ1n) is 15.7. The molecular weight excluding hydrogens is 607 g/mol. The zero-order valence-corrected chi connectivity index (χ0v) is 26.0. The Morgan fingerprint density at radius 1 is 0.388 bits per heavy atom. The summed E-state index contributed by atoms with van der Waals surface area (Å²) in [5, 5.41) is 7.21. The molecule has 0 atom stereocenters. The summed E-state index contributed by atoms with van der Waals surface area (Å²) < 4.78 is 1.92. The zero-order chi connectivity index (χ0) is 32.6. The fraction of sp³-hybridized carbons (Fsp3) is 0. The Morgan fingerprint density at radius 2 is 0.959 bits per heavy atom. The van der Waals surface area contributed by atoms with E-state index in [4.69, 9.17) is 20.1 Å². The highest BCUT2D eigenvalue weighted by Crippen LogP contribution is 2.30. The number of benzene rings is 2. The maximum atomic E-state index is 4.95. The van der Waals surface area contributed by atoms with Gasteiger partial charge in [0.25, 0.3) is 0 Å². The molecule has 0 bridgehead atoms. The minimum Gasteiger partial charge on any atom is -0.255 e. The van der Waals surface area contributed by atoms with E-state index in [1.54, 1.807) is 24.8 Å². The van der Waals surface area contributed by atoms with Crippen LogP contribution in [0.5, 0.6) is 0 Å². The van der Waals surface area contributed by atoms with Crippen molar-refractivity contribution >= 4 is 16.3 Å². The van der Waals surface area contributed by atoms with Gasteiger partial charge in [0.2, 0.25) is 0 Å². The number of pyridine rings is 5. The third-order valence-electron chi connectivity index (χ3n) is 8.28. The summed E-state index contributed by atoms with van der Waals surface area (Å²) in [4.78, 5) is 33.0. The lowest BCUT2D eigenvalue weighted by molar-refractivity contribution is 0.974. The van der Waals surface area contributed by atoms with Crippen LogP contribution < -0.4 is 0 Å². The maximum Gasteiger partial charge on any atom is 0.165 e. The van der Waals surface area contributed by atoms with E-state index in [0.29, 0.717) is 17.5 Å². The Kier molecular flexibility index (Phi) is 6.90. The largest absolute Gasteiger partial charge is 0.255 e. The molecule has 0 aliphatic carbocycles. The minimum absolute atomic E-state index is 0.499. The summed E-state index contributed by atoms with van der Waals surface area (Å²) >= 11 is 0. The van der Waals surface area contributed by atoms with Gasteiger partial charge < -0.3 is 0 Å². The van der Waals surface area contributed by atoms with E-state index in [1.807, 2.05) is 89.4 Å². The number of rotatable bonds is 6. The fourth-order valence-corrected chi connectivity index (χ4v) is 5.78. The smallest absolute Gasteiger partial charge is 0.165 e. The van der Waals surface area contributed by atoms with E-state index >= 15 is 0 Å². The monoisotopic (exact) mass is 631 g/mol. The van der Waals surface area contributed by atoms with Gasteiger partial charge in [-0.1, -0.05) is 54.6 Å². The van der Waals surface area contributed by atoms with E-state index in [1.165, 1.54) is 5.39 Å². The molecule has 2 aromatic carbocycles. The average molecular weight is 632 g/mol. The first-order chi connectivity index (χ1) is 24.2. The molecule has 7 heterocycles. The van der Waals surface area contributed by atoms with Gasteiger partial charge in [0.15, 0.2) is 17.5 Å². The van der Waals surface area contributed by atoms with Gasteiger partial charge in [0.05, 0.1) is 34.0 Å². The van der Waals surface area contributed by atoms with E-state index in [9.17, 15) is 0 Å². The molecule has 0 amide bonds. The van der Waals surface area contributed by atoms with Crippen molar-refractivity contribution in [2.45, 2.75) is 0 Å². The molecule has 0 aliphatic heterocycles. The molecule has 230 valence electrons. The number of fused-ring (bicyclic) bond motifs is 2. The summed E-state index contributed by atoms with van der Waals surface area (Å²) in [5.74, 6) is 1.52. The summed E-state index contributed by atoms with van der Waals surface area (Å²) in [6.45, 7) is 0. The predicted molar refractivity (Wildman–Crippen MR) is 190 cm³/mol. The molecule has 9 nitrogen and oxygen atoms in total. The van der Waals surface area contributed by atoms with E-state index in [0.717, 1.165) is 61.6 Å². The Labute approximate surface area is 280 Å². The van der Waals surface area contributed by atoms with Crippen molar-refractivity contribution in [3.05, 3.63) is 152 Å². The van der Waals surface area contributed by atoms with Crippen LogP contribution in [-0.2, 0) is 0 Å². The van der Waals surface area contributed by atoms with Gasteiger partial charge in [0.1, 0.15) is 0 Å². The Balaban J connectivity index is 1.13. The van der Waals surface area contributed by atoms with Crippen molar-refractivity contribution in [1.82, 2.24) is 44.5 Å². The van der Waals surface area contributed by atoms with E-state index < -0.39 is 0 Å². The van der Waals surface area contributed by atoms with Crippen LogP contribution >= 0.6 is 0 Å².